The van der Waals surface area contributed by atoms with E-state index in [0.29, 0.717) is 16.6 Å². The highest BCUT2D eigenvalue weighted by Crippen LogP contribution is 2.26. The Morgan fingerprint density at radius 3 is 2.58 bits per heavy atom. The molecule has 0 aromatic heterocycles. The number of amides is 1. The van der Waals surface area contributed by atoms with Crippen LogP contribution in [0.2, 0.25) is 5.02 Å². The topological polar surface area (TPSA) is 32.3 Å². The number of rotatable bonds is 3. The summed E-state index contributed by atoms with van der Waals surface area (Å²) in [4.78, 5) is 14.8. The highest BCUT2D eigenvalue weighted by Gasteiger charge is 2.18. The molecule has 126 valence electrons. The fourth-order valence-corrected chi connectivity index (χ4v) is 3.34. The first-order valence-electron chi connectivity index (χ1n) is 8.49. The summed E-state index contributed by atoms with van der Waals surface area (Å²) in [6.45, 7) is 5.30. The maximum atomic E-state index is 12.3. The van der Waals surface area contributed by atoms with Gasteiger partial charge in [-0.3, -0.25) is 4.79 Å². The Labute approximate surface area is 148 Å². The second-order valence-corrected chi connectivity index (χ2v) is 6.91. The zero-order valence-corrected chi connectivity index (χ0v) is 14.9. The van der Waals surface area contributed by atoms with Gasteiger partial charge >= 0.3 is 0 Å². The summed E-state index contributed by atoms with van der Waals surface area (Å²) in [5, 5.41) is 3.54. The Hall–Kier alpha value is -2.00. The standard InChI is InChI=1S/C20H23ClN2O/c1-14-6-7-16(13-19(14)21)20(24)22-17-8-10-18(11-9-17)23-12-4-3-5-15(23)2/h6-11,13,15H,3-5,12H2,1-2H3,(H,22,24)/t15-/m1/s1. The van der Waals surface area contributed by atoms with Crippen LogP contribution in [0.5, 0.6) is 0 Å². The van der Waals surface area contributed by atoms with Gasteiger partial charge in [-0.15, -0.1) is 0 Å². The molecule has 1 aliphatic rings. The SMILES string of the molecule is Cc1ccc(C(=O)Nc2ccc(N3CCCC[C@H]3C)cc2)cc1Cl. The Kier molecular flexibility index (Phi) is 5.10. The molecule has 0 unspecified atom stereocenters. The predicted molar refractivity (Wildman–Crippen MR) is 101 cm³/mol. The maximum absolute atomic E-state index is 12.3. The summed E-state index contributed by atoms with van der Waals surface area (Å²) in [7, 11) is 0. The minimum absolute atomic E-state index is 0.143. The number of benzene rings is 2. The van der Waals surface area contributed by atoms with Crippen molar-refractivity contribution in [1.29, 1.82) is 0 Å². The van der Waals surface area contributed by atoms with E-state index < -0.39 is 0 Å². The first-order valence-corrected chi connectivity index (χ1v) is 8.86. The van der Waals surface area contributed by atoms with Gasteiger partial charge in [0.2, 0.25) is 0 Å². The molecule has 3 rings (SSSR count). The van der Waals surface area contributed by atoms with Crippen molar-refractivity contribution in [2.24, 2.45) is 0 Å². The number of nitrogens with zero attached hydrogens (tertiary/aromatic N) is 1. The lowest BCUT2D eigenvalue weighted by Gasteiger charge is -2.35. The van der Waals surface area contributed by atoms with E-state index in [0.717, 1.165) is 17.8 Å². The Bertz CT molecular complexity index is 727. The van der Waals surface area contributed by atoms with Crippen LogP contribution < -0.4 is 10.2 Å². The van der Waals surface area contributed by atoms with E-state index in [1.807, 2.05) is 25.1 Å². The molecule has 1 atom stereocenters. The van der Waals surface area contributed by atoms with Crippen molar-refractivity contribution in [2.45, 2.75) is 39.2 Å². The smallest absolute Gasteiger partial charge is 0.255 e. The Morgan fingerprint density at radius 1 is 1.17 bits per heavy atom. The van der Waals surface area contributed by atoms with Crippen molar-refractivity contribution in [3.63, 3.8) is 0 Å². The van der Waals surface area contributed by atoms with E-state index in [2.05, 4.69) is 29.3 Å². The summed E-state index contributed by atoms with van der Waals surface area (Å²) >= 11 is 6.10. The second kappa shape index (κ2) is 7.27. The molecule has 4 heteroatoms. The lowest BCUT2D eigenvalue weighted by Crippen LogP contribution is -2.37. The fraction of sp³-hybridized carbons (Fsp3) is 0.350. The molecule has 0 radical (unpaired) electrons. The summed E-state index contributed by atoms with van der Waals surface area (Å²) < 4.78 is 0. The zero-order valence-electron chi connectivity index (χ0n) is 14.2. The number of aryl methyl sites for hydroxylation is 1. The molecular formula is C20H23ClN2O. The summed E-state index contributed by atoms with van der Waals surface area (Å²) in [5.41, 5.74) is 3.55. The van der Waals surface area contributed by atoms with E-state index in [9.17, 15) is 4.79 Å². The number of nitrogens with one attached hydrogen (secondary N) is 1. The molecule has 1 saturated heterocycles. The van der Waals surface area contributed by atoms with Crippen molar-refractivity contribution in [3.05, 3.63) is 58.6 Å². The number of carbonyl (C=O) groups is 1. The molecule has 3 nitrogen and oxygen atoms in total. The summed E-state index contributed by atoms with van der Waals surface area (Å²) in [6.07, 6.45) is 3.80. The van der Waals surface area contributed by atoms with Crippen LogP contribution >= 0.6 is 11.6 Å². The number of piperidine rings is 1. The van der Waals surface area contributed by atoms with E-state index >= 15 is 0 Å². The van der Waals surface area contributed by atoms with Crippen molar-refractivity contribution in [3.8, 4) is 0 Å². The minimum atomic E-state index is -0.143. The van der Waals surface area contributed by atoms with Gasteiger partial charge in [0.25, 0.3) is 5.91 Å². The van der Waals surface area contributed by atoms with Crippen LogP contribution in [0.15, 0.2) is 42.5 Å². The normalized spacial score (nSPS) is 17.6. The van der Waals surface area contributed by atoms with Gasteiger partial charge in [-0.2, -0.15) is 0 Å². The largest absolute Gasteiger partial charge is 0.369 e. The quantitative estimate of drug-likeness (QED) is 0.823. The molecule has 1 N–H and O–H groups in total. The molecule has 0 aliphatic carbocycles. The Balaban J connectivity index is 1.69. The number of hydrogen-bond acceptors (Lipinski definition) is 2. The third kappa shape index (κ3) is 3.73. The van der Waals surface area contributed by atoms with Crippen LogP contribution in [0.4, 0.5) is 11.4 Å². The van der Waals surface area contributed by atoms with E-state index in [-0.39, 0.29) is 5.91 Å². The molecule has 2 aromatic rings. The van der Waals surface area contributed by atoms with Crippen molar-refractivity contribution in [1.82, 2.24) is 0 Å². The highest BCUT2D eigenvalue weighted by atomic mass is 35.5. The zero-order chi connectivity index (χ0) is 17.1. The van der Waals surface area contributed by atoms with Crippen LogP contribution in [0, 0.1) is 6.92 Å². The molecule has 1 aliphatic heterocycles. The van der Waals surface area contributed by atoms with Crippen molar-refractivity contribution < 1.29 is 4.79 Å². The van der Waals surface area contributed by atoms with Crippen LogP contribution in [0.25, 0.3) is 0 Å². The van der Waals surface area contributed by atoms with Gasteiger partial charge in [0, 0.05) is 34.5 Å². The minimum Gasteiger partial charge on any atom is -0.369 e. The third-order valence-corrected chi connectivity index (χ3v) is 5.10. The van der Waals surface area contributed by atoms with Crippen LogP contribution in [-0.2, 0) is 0 Å². The summed E-state index contributed by atoms with van der Waals surface area (Å²) in [5.74, 6) is -0.143. The van der Waals surface area contributed by atoms with Crippen molar-refractivity contribution >= 4 is 28.9 Å². The van der Waals surface area contributed by atoms with Gasteiger partial charge in [-0.1, -0.05) is 17.7 Å². The van der Waals surface area contributed by atoms with Gasteiger partial charge < -0.3 is 10.2 Å². The molecule has 2 aromatic carbocycles. The van der Waals surface area contributed by atoms with Gasteiger partial charge in [0.15, 0.2) is 0 Å². The maximum Gasteiger partial charge on any atom is 0.255 e. The van der Waals surface area contributed by atoms with Gasteiger partial charge in [-0.05, 0) is 75.1 Å². The molecule has 1 fully saturated rings. The number of hydrogen-bond donors (Lipinski definition) is 1. The van der Waals surface area contributed by atoms with E-state index in [4.69, 9.17) is 11.6 Å². The van der Waals surface area contributed by atoms with Crippen LogP contribution in [0.1, 0.15) is 42.1 Å². The van der Waals surface area contributed by atoms with Gasteiger partial charge in [-0.25, -0.2) is 0 Å². The average molecular weight is 343 g/mol. The lowest BCUT2D eigenvalue weighted by atomic mass is 10.0. The average Bonchev–Trinajstić information content (AvgIpc) is 2.58. The fourth-order valence-electron chi connectivity index (χ4n) is 3.16. The molecule has 0 bridgehead atoms. The van der Waals surface area contributed by atoms with Gasteiger partial charge in [0.1, 0.15) is 0 Å². The molecule has 1 heterocycles. The van der Waals surface area contributed by atoms with E-state index in [1.54, 1.807) is 12.1 Å². The monoisotopic (exact) mass is 342 g/mol. The van der Waals surface area contributed by atoms with Gasteiger partial charge in [0.05, 0.1) is 0 Å². The molecule has 1 amide bonds. The van der Waals surface area contributed by atoms with Crippen molar-refractivity contribution in [2.75, 3.05) is 16.8 Å². The third-order valence-electron chi connectivity index (χ3n) is 4.69. The number of anilines is 2. The Morgan fingerprint density at radius 2 is 1.92 bits per heavy atom. The van der Waals surface area contributed by atoms with Crippen LogP contribution in [0.3, 0.4) is 0 Å². The number of carbonyl (C=O) groups excluding carboxylic acids is 1. The molecule has 24 heavy (non-hydrogen) atoms. The predicted octanol–water partition coefficient (Wildman–Crippen LogP) is 5.28. The lowest BCUT2D eigenvalue weighted by molar-refractivity contribution is 0.102. The highest BCUT2D eigenvalue weighted by molar-refractivity contribution is 6.31. The molecule has 0 saturated carbocycles. The summed E-state index contributed by atoms with van der Waals surface area (Å²) in [6, 6.07) is 14.0. The first kappa shape index (κ1) is 16.8. The second-order valence-electron chi connectivity index (χ2n) is 6.50. The number of halogens is 1. The molecule has 0 spiro atoms. The van der Waals surface area contributed by atoms with E-state index in [1.165, 1.54) is 24.9 Å². The molecular weight excluding hydrogens is 320 g/mol. The van der Waals surface area contributed by atoms with Crippen LogP contribution in [-0.4, -0.2) is 18.5 Å². The first-order chi connectivity index (χ1) is 11.5.